The number of benzene rings is 1. The Hall–Kier alpha value is -1.98. The molecule has 0 bridgehead atoms. The summed E-state index contributed by atoms with van der Waals surface area (Å²) < 4.78 is 69.7. The second kappa shape index (κ2) is 7.10. The molecule has 2 aromatic rings. The van der Waals surface area contributed by atoms with Crippen LogP contribution in [0.5, 0.6) is 0 Å². The largest absolute Gasteiger partial charge is 0.360 e. The molecule has 8 nitrogen and oxygen atoms in total. The zero-order chi connectivity index (χ0) is 18.8. The molecule has 25 heavy (non-hydrogen) atoms. The van der Waals surface area contributed by atoms with Crippen molar-refractivity contribution in [3.05, 3.63) is 41.5 Å². The van der Waals surface area contributed by atoms with Crippen LogP contribution in [0.4, 0.5) is 10.1 Å². The molecule has 0 radical (unpaired) electrons. The molecule has 0 saturated carbocycles. The normalized spacial score (nSPS) is 12.3. The van der Waals surface area contributed by atoms with Gasteiger partial charge in [0.2, 0.25) is 20.0 Å². The maximum Gasteiger partial charge on any atom is 0.246 e. The van der Waals surface area contributed by atoms with E-state index in [-0.39, 0.29) is 35.1 Å². The third-order valence-corrected chi connectivity index (χ3v) is 6.26. The number of hydrogen-bond donors (Lipinski definition) is 1. The molecule has 0 aliphatic heterocycles. The lowest BCUT2D eigenvalue weighted by Crippen LogP contribution is -2.38. The van der Waals surface area contributed by atoms with Crippen molar-refractivity contribution >= 4 is 25.7 Å². The van der Waals surface area contributed by atoms with Crippen LogP contribution in [-0.4, -0.2) is 41.3 Å². The molecule has 0 unspecified atom stereocenters. The summed E-state index contributed by atoms with van der Waals surface area (Å²) in [6.45, 7) is 2.62. The van der Waals surface area contributed by atoms with Gasteiger partial charge in [-0.3, -0.25) is 4.31 Å². The van der Waals surface area contributed by atoms with E-state index in [2.05, 4.69) is 9.88 Å². The van der Waals surface area contributed by atoms with Gasteiger partial charge in [-0.05, 0) is 38.1 Å². The van der Waals surface area contributed by atoms with Gasteiger partial charge in [0.15, 0.2) is 5.76 Å². The molecule has 0 amide bonds. The van der Waals surface area contributed by atoms with Gasteiger partial charge in [-0.1, -0.05) is 5.16 Å². The number of nitrogens with one attached hydrogen (secondary N) is 1. The van der Waals surface area contributed by atoms with Crippen molar-refractivity contribution < 1.29 is 25.7 Å². The van der Waals surface area contributed by atoms with Crippen LogP contribution in [0, 0.1) is 19.7 Å². The summed E-state index contributed by atoms with van der Waals surface area (Å²) in [7, 11) is -7.57. The molecule has 0 spiro atoms. The highest BCUT2D eigenvalue weighted by Crippen LogP contribution is 2.19. The van der Waals surface area contributed by atoms with Crippen LogP contribution in [0.15, 0.2) is 33.7 Å². The summed E-state index contributed by atoms with van der Waals surface area (Å²) in [4.78, 5) is -0.0693. The Morgan fingerprint density at radius 3 is 2.24 bits per heavy atom. The van der Waals surface area contributed by atoms with Crippen molar-refractivity contribution in [1.29, 1.82) is 0 Å². The van der Waals surface area contributed by atoms with Crippen molar-refractivity contribution in [1.82, 2.24) is 9.88 Å². The van der Waals surface area contributed by atoms with Crippen LogP contribution in [0.3, 0.4) is 0 Å². The van der Waals surface area contributed by atoms with Gasteiger partial charge in [0.05, 0.1) is 11.9 Å². The Balaban J connectivity index is 2.16. The van der Waals surface area contributed by atoms with E-state index >= 15 is 0 Å². The van der Waals surface area contributed by atoms with E-state index in [9.17, 15) is 21.2 Å². The molecule has 0 aliphatic rings. The quantitative estimate of drug-likeness (QED) is 0.759. The Bertz CT molecular complexity index is 933. The lowest BCUT2D eigenvalue weighted by Gasteiger charge is -2.22. The lowest BCUT2D eigenvalue weighted by molar-refractivity contribution is 0.390. The first-order valence-corrected chi connectivity index (χ1v) is 10.5. The van der Waals surface area contributed by atoms with Crippen LogP contribution in [0.25, 0.3) is 0 Å². The number of aromatic nitrogens is 1. The van der Waals surface area contributed by atoms with E-state index < -0.39 is 25.9 Å². The second-order valence-electron chi connectivity index (χ2n) is 5.36. The summed E-state index contributed by atoms with van der Waals surface area (Å²) in [6, 6.07) is 4.86. The predicted molar refractivity (Wildman–Crippen MR) is 89.8 cm³/mol. The first kappa shape index (κ1) is 19.3. The number of aryl methyl sites for hydroxylation is 2. The summed E-state index contributed by atoms with van der Waals surface area (Å²) >= 11 is 0. The van der Waals surface area contributed by atoms with Crippen molar-refractivity contribution in [3.63, 3.8) is 0 Å². The third-order valence-electron chi connectivity index (χ3n) is 3.36. The third kappa shape index (κ3) is 4.55. The number of hydrogen-bond acceptors (Lipinski definition) is 6. The van der Waals surface area contributed by atoms with Crippen molar-refractivity contribution in [2.45, 2.75) is 18.7 Å². The Morgan fingerprint density at radius 1 is 1.16 bits per heavy atom. The minimum Gasteiger partial charge on any atom is -0.360 e. The predicted octanol–water partition coefficient (Wildman–Crippen LogP) is 1.18. The summed E-state index contributed by atoms with van der Waals surface area (Å²) in [5, 5.41) is 3.58. The van der Waals surface area contributed by atoms with Gasteiger partial charge in [0.1, 0.15) is 16.4 Å². The maximum absolute atomic E-state index is 13.0. The van der Waals surface area contributed by atoms with Gasteiger partial charge >= 0.3 is 0 Å². The average Bonchev–Trinajstić information content (AvgIpc) is 2.83. The molecule has 1 heterocycles. The highest BCUT2D eigenvalue weighted by molar-refractivity contribution is 7.92. The van der Waals surface area contributed by atoms with E-state index in [1.54, 1.807) is 0 Å². The van der Waals surface area contributed by atoms with E-state index in [0.717, 1.165) is 22.7 Å². The summed E-state index contributed by atoms with van der Waals surface area (Å²) in [6.07, 6.45) is 0.985. The molecule has 0 saturated heterocycles. The highest BCUT2D eigenvalue weighted by atomic mass is 32.2. The highest BCUT2D eigenvalue weighted by Gasteiger charge is 2.25. The van der Waals surface area contributed by atoms with Gasteiger partial charge in [0, 0.05) is 13.1 Å². The molecule has 0 atom stereocenters. The van der Waals surface area contributed by atoms with Crippen molar-refractivity contribution in [2.24, 2.45) is 0 Å². The molecule has 0 fully saturated rings. The van der Waals surface area contributed by atoms with Crippen molar-refractivity contribution in [2.75, 3.05) is 23.7 Å². The van der Waals surface area contributed by atoms with Gasteiger partial charge in [-0.2, -0.15) is 0 Å². The molecule has 1 aromatic heterocycles. The first-order valence-electron chi connectivity index (χ1n) is 7.18. The van der Waals surface area contributed by atoms with Crippen LogP contribution < -0.4 is 9.03 Å². The lowest BCUT2D eigenvalue weighted by atomic mass is 10.3. The molecule has 1 N–H and O–H groups in total. The molecule has 0 aliphatic carbocycles. The zero-order valence-corrected chi connectivity index (χ0v) is 15.5. The fraction of sp³-hybridized carbons (Fsp3) is 0.357. The average molecular weight is 391 g/mol. The molecular formula is C14H18FN3O5S2. The number of halogens is 1. The standard InChI is InChI=1S/C14H18FN3O5S2/c1-10-14(11(2)23-17-10)25(21,22)16-8-9-18(24(3,19)20)13-6-4-12(15)5-7-13/h4-7,16H,8-9H2,1-3H3. The Morgan fingerprint density at radius 2 is 1.76 bits per heavy atom. The minimum atomic E-state index is -3.90. The fourth-order valence-corrected chi connectivity index (χ4v) is 4.58. The molecule has 2 rings (SSSR count). The molecule has 138 valence electrons. The monoisotopic (exact) mass is 391 g/mol. The topological polar surface area (TPSA) is 110 Å². The summed E-state index contributed by atoms with van der Waals surface area (Å²) in [5.74, 6) is -0.361. The first-order chi connectivity index (χ1) is 11.5. The van der Waals surface area contributed by atoms with Gasteiger partial charge < -0.3 is 4.52 Å². The van der Waals surface area contributed by atoms with E-state index in [1.807, 2.05) is 0 Å². The van der Waals surface area contributed by atoms with Gasteiger partial charge in [-0.25, -0.2) is 25.9 Å². The Labute approximate surface area is 145 Å². The smallest absolute Gasteiger partial charge is 0.246 e. The SMILES string of the molecule is Cc1noc(C)c1S(=O)(=O)NCCN(c1ccc(F)cc1)S(C)(=O)=O. The number of nitrogens with zero attached hydrogens (tertiary/aromatic N) is 2. The summed E-state index contributed by atoms with van der Waals surface area (Å²) in [5.41, 5.74) is 0.448. The van der Waals surface area contributed by atoms with Crippen LogP contribution in [-0.2, 0) is 20.0 Å². The fourth-order valence-electron chi connectivity index (χ4n) is 2.31. The van der Waals surface area contributed by atoms with Crippen LogP contribution in [0.1, 0.15) is 11.5 Å². The Kier molecular flexibility index (Phi) is 5.49. The number of anilines is 1. The second-order valence-corrected chi connectivity index (χ2v) is 8.97. The van der Waals surface area contributed by atoms with Crippen LogP contribution >= 0.6 is 0 Å². The van der Waals surface area contributed by atoms with E-state index in [4.69, 9.17) is 4.52 Å². The molecular weight excluding hydrogens is 373 g/mol. The van der Waals surface area contributed by atoms with E-state index in [1.165, 1.54) is 26.0 Å². The number of rotatable bonds is 7. The van der Waals surface area contributed by atoms with Crippen LogP contribution in [0.2, 0.25) is 0 Å². The molecule has 11 heteroatoms. The number of sulfonamides is 2. The van der Waals surface area contributed by atoms with E-state index in [0.29, 0.717) is 0 Å². The molecule has 1 aromatic carbocycles. The zero-order valence-electron chi connectivity index (χ0n) is 13.9. The van der Waals surface area contributed by atoms with Gasteiger partial charge in [0.25, 0.3) is 0 Å². The van der Waals surface area contributed by atoms with Gasteiger partial charge in [-0.15, -0.1) is 0 Å². The maximum atomic E-state index is 13.0. The minimum absolute atomic E-state index is 0.0693. The van der Waals surface area contributed by atoms with Crippen molar-refractivity contribution in [3.8, 4) is 0 Å².